The third-order valence-corrected chi connectivity index (χ3v) is 6.89. The molecular formula is C23H32N4OS. The van der Waals surface area contributed by atoms with Gasteiger partial charge in [-0.2, -0.15) is 0 Å². The van der Waals surface area contributed by atoms with Crippen LogP contribution in [0.4, 0.5) is 0 Å². The highest BCUT2D eigenvalue weighted by Gasteiger charge is 2.41. The number of aryl methyl sites for hydroxylation is 1. The Hall–Kier alpha value is -1.92. The van der Waals surface area contributed by atoms with Gasteiger partial charge in [-0.05, 0) is 69.1 Å². The van der Waals surface area contributed by atoms with Gasteiger partial charge in [-0.3, -0.25) is 4.98 Å². The Labute approximate surface area is 179 Å². The number of nitrogens with zero attached hydrogens (tertiary/aromatic N) is 3. The molecule has 29 heavy (non-hydrogen) atoms. The van der Waals surface area contributed by atoms with E-state index in [0.29, 0.717) is 12.5 Å². The van der Waals surface area contributed by atoms with Crippen molar-refractivity contribution in [3.05, 3.63) is 53.1 Å². The summed E-state index contributed by atoms with van der Waals surface area (Å²) in [5, 5.41) is 13.7. The second kappa shape index (κ2) is 8.84. The van der Waals surface area contributed by atoms with Crippen LogP contribution in [-0.2, 0) is 0 Å². The molecule has 3 heterocycles. The molecule has 0 aromatic carbocycles. The van der Waals surface area contributed by atoms with Crippen molar-refractivity contribution >= 4 is 17.3 Å². The molecule has 1 aliphatic heterocycles. The van der Waals surface area contributed by atoms with E-state index >= 15 is 0 Å². The van der Waals surface area contributed by atoms with Gasteiger partial charge >= 0.3 is 0 Å². The normalized spacial score (nSPS) is 22.9. The molecule has 0 amide bonds. The number of pyridine rings is 1. The lowest BCUT2D eigenvalue weighted by atomic mass is 9.94. The molecule has 2 atom stereocenters. The summed E-state index contributed by atoms with van der Waals surface area (Å²) in [7, 11) is 0. The zero-order chi connectivity index (χ0) is 20.4. The van der Waals surface area contributed by atoms with E-state index in [1.54, 1.807) is 0 Å². The monoisotopic (exact) mass is 412 g/mol. The van der Waals surface area contributed by atoms with Crippen molar-refractivity contribution in [3.63, 3.8) is 0 Å². The molecule has 1 aliphatic carbocycles. The summed E-state index contributed by atoms with van der Waals surface area (Å²) in [5.74, 6) is 0. The minimum atomic E-state index is 0.0164. The summed E-state index contributed by atoms with van der Waals surface area (Å²) in [4.78, 5) is 6.88. The summed E-state index contributed by atoms with van der Waals surface area (Å²) >= 11 is 5.71. The van der Waals surface area contributed by atoms with Gasteiger partial charge in [-0.1, -0.05) is 25.3 Å². The molecule has 0 unspecified atom stereocenters. The van der Waals surface area contributed by atoms with Crippen LogP contribution in [0.3, 0.4) is 0 Å². The summed E-state index contributed by atoms with van der Waals surface area (Å²) in [6, 6.07) is 9.12. The molecule has 2 aliphatic rings. The number of hydrogen-bond donors (Lipinski definition) is 2. The Balaban J connectivity index is 1.74. The quantitative estimate of drug-likeness (QED) is 0.691. The van der Waals surface area contributed by atoms with E-state index in [1.165, 1.54) is 49.1 Å². The largest absolute Gasteiger partial charge is 0.396 e. The van der Waals surface area contributed by atoms with Crippen molar-refractivity contribution in [3.8, 4) is 0 Å². The van der Waals surface area contributed by atoms with Gasteiger partial charge in [0.2, 0.25) is 0 Å². The number of rotatable bonds is 6. The Morgan fingerprint density at radius 3 is 2.69 bits per heavy atom. The van der Waals surface area contributed by atoms with Gasteiger partial charge in [0, 0.05) is 36.8 Å². The van der Waals surface area contributed by atoms with Crippen molar-refractivity contribution in [1.82, 2.24) is 19.8 Å². The fourth-order valence-electron chi connectivity index (χ4n) is 5.23. The number of aliphatic hydroxyl groups is 1. The molecule has 2 aromatic heterocycles. The standard InChI is InChI=1S/C23H32N4OS/c1-16-15-19(17(2)27(16)18-9-4-3-5-10-18)22-21(20-11-6-7-12-24-20)25-23(29)26(22)13-8-14-28/h6-7,11-12,15,18,21-22,28H,3-5,8-10,13-14H2,1-2H3,(H,25,29)/t21-,22-/m1/s1. The lowest BCUT2D eigenvalue weighted by molar-refractivity contribution is 0.247. The maximum Gasteiger partial charge on any atom is 0.170 e. The second-order valence-electron chi connectivity index (χ2n) is 8.39. The highest BCUT2D eigenvalue weighted by molar-refractivity contribution is 7.80. The average molecular weight is 413 g/mol. The van der Waals surface area contributed by atoms with E-state index in [1.807, 2.05) is 18.3 Å². The predicted molar refractivity (Wildman–Crippen MR) is 120 cm³/mol. The minimum absolute atomic E-state index is 0.0164. The van der Waals surface area contributed by atoms with Gasteiger partial charge in [-0.15, -0.1) is 0 Å². The van der Waals surface area contributed by atoms with Crippen LogP contribution >= 0.6 is 12.2 Å². The van der Waals surface area contributed by atoms with E-state index in [4.69, 9.17) is 12.2 Å². The van der Waals surface area contributed by atoms with Crippen molar-refractivity contribution in [2.75, 3.05) is 13.2 Å². The zero-order valence-corrected chi connectivity index (χ0v) is 18.3. The average Bonchev–Trinajstić information content (AvgIpc) is 3.23. The molecule has 156 valence electrons. The highest BCUT2D eigenvalue weighted by atomic mass is 32.1. The smallest absolute Gasteiger partial charge is 0.170 e. The van der Waals surface area contributed by atoms with Gasteiger partial charge in [0.05, 0.1) is 17.8 Å². The van der Waals surface area contributed by atoms with Crippen LogP contribution in [0.5, 0.6) is 0 Å². The van der Waals surface area contributed by atoms with Crippen molar-refractivity contribution in [1.29, 1.82) is 0 Å². The van der Waals surface area contributed by atoms with Gasteiger partial charge in [0.15, 0.2) is 5.11 Å². The van der Waals surface area contributed by atoms with Crippen molar-refractivity contribution in [2.45, 2.75) is 70.5 Å². The Morgan fingerprint density at radius 2 is 2.00 bits per heavy atom. The Bertz CT molecular complexity index is 844. The zero-order valence-electron chi connectivity index (χ0n) is 17.5. The maximum absolute atomic E-state index is 9.42. The lowest BCUT2D eigenvalue weighted by Gasteiger charge is -2.29. The van der Waals surface area contributed by atoms with Gasteiger partial charge in [-0.25, -0.2) is 0 Å². The fourth-order valence-corrected chi connectivity index (χ4v) is 5.56. The summed E-state index contributed by atoms with van der Waals surface area (Å²) in [6.07, 6.45) is 9.11. The minimum Gasteiger partial charge on any atom is -0.396 e. The van der Waals surface area contributed by atoms with Crippen LogP contribution in [0, 0.1) is 13.8 Å². The van der Waals surface area contributed by atoms with E-state index < -0.39 is 0 Å². The van der Waals surface area contributed by atoms with E-state index in [9.17, 15) is 5.11 Å². The Kier molecular flexibility index (Phi) is 6.20. The molecule has 4 rings (SSSR count). The van der Waals surface area contributed by atoms with Crippen LogP contribution < -0.4 is 5.32 Å². The van der Waals surface area contributed by atoms with Gasteiger partial charge < -0.3 is 19.9 Å². The first-order valence-electron chi connectivity index (χ1n) is 10.9. The number of hydrogen-bond acceptors (Lipinski definition) is 3. The SMILES string of the molecule is Cc1cc([C@@H]2[C@@H](c3ccccn3)NC(=S)N2CCCO)c(C)n1C1CCCCC1. The van der Waals surface area contributed by atoms with Crippen LogP contribution in [-0.4, -0.2) is 37.8 Å². The topological polar surface area (TPSA) is 53.3 Å². The van der Waals surface area contributed by atoms with Crippen LogP contribution in [0.2, 0.25) is 0 Å². The Morgan fingerprint density at radius 1 is 1.21 bits per heavy atom. The molecule has 2 aromatic rings. The van der Waals surface area contributed by atoms with Crippen LogP contribution in [0.15, 0.2) is 30.5 Å². The summed E-state index contributed by atoms with van der Waals surface area (Å²) in [6.45, 7) is 5.41. The first-order valence-corrected chi connectivity index (χ1v) is 11.3. The molecule has 5 nitrogen and oxygen atoms in total. The highest BCUT2D eigenvalue weighted by Crippen LogP contribution is 2.42. The molecule has 1 saturated heterocycles. The van der Waals surface area contributed by atoms with Crippen LogP contribution in [0.1, 0.15) is 79.3 Å². The molecule has 2 N–H and O–H groups in total. The van der Waals surface area contributed by atoms with Crippen LogP contribution in [0.25, 0.3) is 0 Å². The summed E-state index contributed by atoms with van der Waals surface area (Å²) in [5.41, 5.74) is 5.02. The molecule has 0 radical (unpaired) electrons. The number of aromatic nitrogens is 2. The fraction of sp³-hybridized carbons (Fsp3) is 0.565. The molecule has 2 fully saturated rings. The lowest BCUT2D eigenvalue weighted by Crippen LogP contribution is -2.31. The second-order valence-corrected chi connectivity index (χ2v) is 8.77. The third kappa shape index (κ3) is 3.92. The number of nitrogens with one attached hydrogen (secondary N) is 1. The first-order chi connectivity index (χ1) is 14.1. The van der Waals surface area contributed by atoms with Crippen molar-refractivity contribution < 1.29 is 5.11 Å². The first kappa shape index (κ1) is 20.4. The molecule has 1 saturated carbocycles. The van der Waals surface area contributed by atoms with Gasteiger partial charge in [0.25, 0.3) is 0 Å². The number of thiocarbonyl (C=S) groups is 1. The van der Waals surface area contributed by atoms with E-state index in [0.717, 1.165) is 17.4 Å². The third-order valence-electron chi connectivity index (χ3n) is 6.54. The van der Waals surface area contributed by atoms with E-state index in [-0.39, 0.29) is 18.7 Å². The van der Waals surface area contributed by atoms with Gasteiger partial charge in [0.1, 0.15) is 0 Å². The van der Waals surface area contributed by atoms with E-state index in [2.05, 4.69) is 45.7 Å². The molecular weight excluding hydrogens is 380 g/mol. The summed E-state index contributed by atoms with van der Waals surface area (Å²) < 4.78 is 2.57. The predicted octanol–water partition coefficient (Wildman–Crippen LogP) is 4.36. The molecule has 6 heteroatoms. The maximum atomic E-state index is 9.42. The number of aliphatic hydroxyl groups excluding tert-OH is 1. The molecule has 0 bridgehead atoms. The molecule has 0 spiro atoms. The van der Waals surface area contributed by atoms with Crippen molar-refractivity contribution in [2.24, 2.45) is 0 Å².